The minimum atomic E-state index is 0.108. The lowest BCUT2D eigenvalue weighted by Gasteiger charge is -2.22. The molecule has 1 aliphatic heterocycles. The number of hydrogen-bond donors (Lipinski definition) is 2. The molecule has 0 atom stereocenters. The van der Waals surface area contributed by atoms with Crippen LogP contribution in [0.5, 0.6) is 0 Å². The van der Waals surface area contributed by atoms with Crippen molar-refractivity contribution in [3.8, 4) is 0 Å². The van der Waals surface area contributed by atoms with Gasteiger partial charge in [-0.2, -0.15) is 4.98 Å². The Morgan fingerprint density at radius 3 is 3.11 bits per heavy atom. The highest BCUT2D eigenvalue weighted by molar-refractivity contribution is 5.77. The summed E-state index contributed by atoms with van der Waals surface area (Å²) in [5.74, 6) is 1.66. The van der Waals surface area contributed by atoms with Crippen molar-refractivity contribution in [2.24, 2.45) is 0 Å². The van der Waals surface area contributed by atoms with Crippen molar-refractivity contribution in [1.82, 2.24) is 15.3 Å². The van der Waals surface area contributed by atoms with Gasteiger partial charge < -0.3 is 15.5 Å². The first-order chi connectivity index (χ1) is 8.70. The third-order valence-corrected chi connectivity index (χ3v) is 2.89. The molecular weight excluding hydrogens is 230 g/mol. The number of anilines is 2. The molecular formula is C12H19N5O. The molecule has 1 saturated heterocycles. The lowest BCUT2D eigenvalue weighted by atomic mass is 10.3. The van der Waals surface area contributed by atoms with Crippen molar-refractivity contribution < 1.29 is 4.79 Å². The van der Waals surface area contributed by atoms with Crippen molar-refractivity contribution in [2.75, 3.05) is 36.4 Å². The van der Waals surface area contributed by atoms with Gasteiger partial charge in [-0.25, -0.2) is 4.98 Å². The Morgan fingerprint density at radius 2 is 2.33 bits per heavy atom. The van der Waals surface area contributed by atoms with Gasteiger partial charge in [0.05, 0.1) is 0 Å². The van der Waals surface area contributed by atoms with E-state index in [0.29, 0.717) is 25.5 Å². The number of amides is 1. The predicted molar refractivity (Wildman–Crippen MR) is 70.8 cm³/mol. The molecule has 1 aromatic rings. The lowest BCUT2D eigenvalue weighted by Crippen LogP contribution is -2.29. The normalized spacial score (nSPS) is 16.1. The van der Waals surface area contributed by atoms with Crippen molar-refractivity contribution >= 4 is 17.7 Å². The summed E-state index contributed by atoms with van der Waals surface area (Å²) in [7, 11) is 0. The molecule has 18 heavy (non-hydrogen) atoms. The van der Waals surface area contributed by atoms with Crippen LogP contribution in [0.3, 0.4) is 0 Å². The molecule has 1 aromatic heterocycles. The van der Waals surface area contributed by atoms with Gasteiger partial charge in [-0.3, -0.25) is 4.79 Å². The second-order valence-corrected chi connectivity index (χ2v) is 4.32. The van der Waals surface area contributed by atoms with Crippen molar-refractivity contribution in [2.45, 2.75) is 20.3 Å². The molecule has 0 saturated carbocycles. The molecule has 6 heteroatoms. The van der Waals surface area contributed by atoms with E-state index >= 15 is 0 Å². The summed E-state index contributed by atoms with van der Waals surface area (Å²) in [4.78, 5) is 22.2. The maximum absolute atomic E-state index is 11.3. The van der Waals surface area contributed by atoms with E-state index in [2.05, 4.69) is 25.5 Å². The van der Waals surface area contributed by atoms with Crippen LogP contribution in [-0.4, -0.2) is 42.1 Å². The van der Waals surface area contributed by atoms with E-state index in [9.17, 15) is 4.79 Å². The minimum Gasteiger partial charge on any atom is -0.354 e. The van der Waals surface area contributed by atoms with Crippen LogP contribution in [0.4, 0.5) is 11.8 Å². The first-order valence-corrected chi connectivity index (χ1v) is 6.30. The van der Waals surface area contributed by atoms with Gasteiger partial charge in [0.15, 0.2) is 0 Å². The molecule has 1 aliphatic rings. The van der Waals surface area contributed by atoms with Gasteiger partial charge in [-0.05, 0) is 13.8 Å². The van der Waals surface area contributed by atoms with E-state index in [1.54, 1.807) is 0 Å². The number of carbonyl (C=O) groups excluding carboxylic acids is 1. The number of aromatic nitrogens is 2. The first kappa shape index (κ1) is 12.6. The minimum absolute atomic E-state index is 0.108. The smallest absolute Gasteiger partial charge is 0.224 e. The van der Waals surface area contributed by atoms with E-state index in [1.165, 1.54) is 0 Å². The zero-order valence-electron chi connectivity index (χ0n) is 10.9. The highest BCUT2D eigenvalue weighted by atomic mass is 16.1. The van der Waals surface area contributed by atoms with Crippen LogP contribution in [0.25, 0.3) is 0 Å². The second kappa shape index (κ2) is 5.66. The summed E-state index contributed by atoms with van der Waals surface area (Å²) in [6.07, 6.45) is 2.33. The molecule has 2 heterocycles. The van der Waals surface area contributed by atoms with Crippen LogP contribution < -0.4 is 15.5 Å². The lowest BCUT2D eigenvalue weighted by molar-refractivity contribution is -0.120. The number of nitrogens with one attached hydrogen (secondary N) is 2. The fourth-order valence-electron chi connectivity index (χ4n) is 1.98. The topological polar surface area (TPSA) is 70.2 Å². The molecule has 0 aromatic carbocycles. The Labute approximate surface area is 107 Å². The van der Waals surface area contributed by atoms with Gasteiger partial charge in [0, 0.05) is 44.4 Å². The zero-order chi connectivity index (χ0) is 13.0. The maximum Gasteiger partial charge on any atom is 0.224 e. The molecule has 6 nitrogen and oxygen atoms in total. The first-order valence-electron chi connectivity index (χ1n) is 6.30. The van der Waals surface area contributed by atoms with Crippen LogP contribution in [0.1, 0.15) is 18.9 Å². The van der Waals surface area contributed by atoms with Gasteiger partial charge in [0.25, 0.3) is 0 Å². The van der Waals surface area contributed by atoms with Gasteiger partial charge in [0.2, 0.25) is 11.9 Å². The SMILES string of the molecule is CCNc1ncc(C)c(N2CCNC(=O)CC2)n1. The molecule has 98 valence electrons. The average molecular weight is 249 g/mol. The van der Waals surface area contributed by atoms with Gasteiger partial charge in [-0.15, -0.1) is 0 Å². The second-order valence-electron chi connectivity index (χ2n) is 4.32. The Bertz CT molecular complexity index is 434. The molecule has 2 N–H and O–H groups in total. The summed E-state index contributed by atoms with van der Waals surface area (Å²) >= 11 is 0. The van der Waals surface area contributed by atoms with E-state index < -0.39 is 0 Å². The summed E-state index contributed by atoms with van der Waals surface area (Å²) in [5.41, 5.74) is 1.03. The van der Waals surface area contributed by atoms with Gasteiger partial charge in [-0.1, -0.05) is 0 Å². The van der Waals surface area contributed by atoms with Crippen molar-refractivity contribution in [3.63, 3.8) is 0 Å². The number of hydrogen-bond acceptors (Lipinski definition) is 5. The van der Waals surface area contributed by atoms with Gasteiger partial charge >= 0.3 is 0 Å². The summed E-state index contributed by atoms with van der Waals surface area (Å²) in [5, 5.41) is 5.97. The quantitative estimate of drug-likeness (QED) is 0.818. The summed E-state index contributed by atoms with van der Waals surface area (Å²) in [6.45, 7) is 6.95. The number of aryl methyl sites for hydroxylation is 1. The number of nitrogens with zero attached hydrogens (tertiary/aromatic N) is 3. The van der Waals surface area contributed by atoms with Crippen LogP contribution in [0.2, 0.25) is 0 Å². The third-order valence-electron chi connectivity index (χ3n) is 2.89. The number of carbonyl (C=O) groups is 1. The molecule has 0 radical (unpaired) electrons. The van der Waals surface area contributed by atoms with Crippen molar-refractivity contribution in [3.05, 3.63) is 11.8 Å². The molecule has 2 rings (SSSR count). The average Bonchev–Trinajstić information content (AvgIpc) is 2.57. The van der Waals surface area contributed by atoms with E-state index in [1.807, 2.05) is 20.0 Å². The highest BCUT2D eigenvalue weighted by Crippen LogP contribution is 2.18. The van der Waals surface area contributed by atoms with E-state index in [4.69, 9.17) is 0 Å². The Morgan fingerprint density at radius 1 is 1.50 bits per heavy atom. The van der Waals surface area contributed by atoms with Gasteiger partial charge in [0.1, 0.15) is 5.82 Å². The molecule has 1 amide bonds. The molecule has 0 unspecified atom stereocenters. The maximum atomic E-state index is 11.3. The molecule has 0 bridgehead atoms. The standard InChI is InChI=1S/C12H19N5O/c1-3-13-12-15-8-9(2)11(16-12)17-6-4-10(18)14-5-7-17/h8H,3-7H2,1-2H3,(H,14,18)(H,13,15,16). The Balaban J connectivity index is 2.20. The fraction of sp³-hybridized carbons (Fsp3) is 0.583. The predicted octanol–water partition coefficient (Wildman–Crippen LogP) is 0.543. The zero-order valence-corrected chi connectivity index (χ0v) is 10.9. The summed E-state index contributed by atoms with van der Waals surface area (Å²) in [6, 6.07) is 0. The number of rotatable bonds is 3. The van der Waals surface area contributed by atoms with E-state index in [0.717, 1.165) is 24.5 Å². The van der Waals surface area contributed by atoms with Crippen LogP contribution in [0.15, 0.2) is 6.20 Å². The third kappa shape index (κ3) is 2.88. The van der Waals surface area contributed by atoms with Crippen molar-refractivity contribution in [1.29, 1.82) is 0 Å². The molecule has 0 spiro atoms. The molecule has 1 fully saturated rings. The monoisotopic (exact) mass is 249 g/mol. The highest BCUT2D eigenvalue weighted by Gasteiger charge is 2.17. The molecule has 0 aliphatic carbocycles. The Hall–Kier alpha value is -1.85. The fourth-order valence-corrected chi connectivity index (χ4v) is 1.98. The summed E-state index contributed by atoms with van der Waals surface area (Å²) < 4.78 is 0. The van der Waals surface area contributed by atoms with Crippen LogP contribution >= 0.6 is 0 Å². The Kier molecular flexibility index (Phi) is 3.96. The largest absolute Gasteiger partial charge is 0.354 e. The van der Waals surface area contributed by atoms with Crippen LogP contribution in [-0.2, 0) is 4.79 Å². The van der Waals surface area contributed by atoms with E-state index in [-0.39, 0.29) is 5.91 Å². The van der Waals surface area contributed by atoms with Crippen LogP contribution in [0, 0.1) is 6.92 Å².